The van der Waals surface area contributed by atoms with E-state index in [-0.39, 0.29) is 17.9 Å². The number of rotatable bonds is 4. The van der Waals surface area contributed by atoms with Gasteiger partial charge in [-0.3, -0.25) is 4.79 Å². The maximum Gasteiger partial charge on any atom is 0.223 e. The van der Waals surface area contributed by atoms with Gasteiger partial charge in [-0.15, -0.1) is 0 Å². The summed E-state index contributed by atoms with van der Waals surface area (Å²) in [6, 6.07) is 0.277. The van der Waals surface area contributed by atoms with Gasteiger partial charge < -0.3 is 5.32 Å². The molecule has 4 atom stereocenters. The Bertz CT molecular complexity index is 218. The average molecular weight is 276 g/mol. The normalized spacial score (nSPS) is 29.9. The molecule has 1 amide bonds. The Morgan fingerprint density at radius 1 is 1.47 bits per heavy atom. The third kappa shape index (κ3) is 4.13. The van der Waals surface area contributed by atoms with Crippen LogP contribution in [-0.2, 0) is 4.79 Å². The molecule has 3 heteroatoms. The molecule has 1 rings (SSSR count). The highest BCUT2D eigenvalue weighted by Gasteiger charge is 2.30. The highest BCUT2D eigenvalue weighted by atomic mass is 79.9. The van der Waals surface area contributed by atoms with Crippen molar-refractivity contribution in [3.8, 4) is 0 Å². The molecule has 0 aromatic carbocycles. The van der Waals surface area contributed by atoms with Crippen molar-refractivity contribution in [3.05, 3.63) is 0 Å². The zero-order valence-corrected chi connectivity index (χ0v) is 11.5. The molecule has 0 saturated heterocycles. The molecule has 88 valence electrons. The summed E-state index contributed by atoms with van der Waals surface area (Å²) in [5, 5.41) is 3.11. The van der Waals surface area contributed by atoms with E-state index in [0.29, 0.717) is 10.7 Å². The van der Waals surface area contributed by atoms with Gasteiger partial charge in [-0.2, -0.15) is 0 Å². The predicted molar refractivity (Wildman–Crippen MR) is 67.1 cm³/mol. The van der Waals surface area contributed by atoms with Crippen LogP contribution in [0.4, 0.5) is 0 Å². The first-order valence-corrected chi connectivity index (χ1v) is 6.86. The minimum absolute atomic E-state index is 0.262. The highest BCUT2D eigenvalue weighted by Crippen LogP contribution is 2.31. The van der Waals surface area contributed by atoms with E-state index >= 15 is 0 Å². The number of hydrogen-bond donors (Lipinski definition) is 1. The van der Waals surface area contributed by atoms with Gasteiger partial charge in [0.2, 0.25) is 5.91 Å². The zero-order valence-electron chi connectivity index (χ0n) is 9.92. The summed E-state index contributed by atoms with van der Waals surface area (Å²) < 4.78 is 0. The molecule has 1 fully saturated rings. The fourth-order valence-corrected chi connectivity index (χ4v) is 2.99. The number of hydrogen-bond acceptors (Lipinski definition) is 1. The molecule has 1 N–H and O–H groups in total. The van der Waals surface area contributed by atoms with Crippen LogP contribution in [0.1, 0.15) is 46.5 Å². The number of carbonyl (C=O) groups excluding carboxylic acids is 1. The van der Waals surface area contributed by atoms with Crippen molar-refractivity contribution in [1.82, 2.24) is 5.32 Å². The summed E-state index contributed by atoms with van der Waals surface area (Å²) >= 11 is 3.51. The SMILES string of the molecule is CC(Br)CC(C)NC(=O)C1CCCC1C. The van der Waals surface area contributed by atoms with Crippen LogP contribution in [0.15, 0.2) is 0 Å². The fraction of sp³-hybridized carbons (Fsp3) is 0.917. The topological polar surface area (TPSA) is 29.1 Å². The second-order valence-electron chi connectivity index (χ2n) is 4.94. The molecule has 15 heavy (non-hydrogen) atoms. The van der Waals surface area contributed by atoms with E-state index in [2.05, 4.69) is 42.0 Å². The van der Waals surface area contributed by atoms with Gasteiger partial charge in [0.1, 0.15) is 0 Å². The second kappa shape index (κ2) is 5.88. The molecule has 0 aliphatic heterocycles. The van der Waals surface area contributed by atoms with Crippen LogP contribution in [0.2, 0.25) is 0 Å². The third-order valence-corrected chi connectivity index (χ3v) is 3.64. The number of amides is 1. The molecule has 0 aromatic heterocycles. The Balaban J connectivity index is 2.34. The first kappa shape index (κ1) is 13.0. The van der Waals surface area contributed by atoms with Crippen molar-refractivity contribution < 1.29 is 4.79 Å². The summed E-state index contributed by atoms with van der Waals surface area (Å²) in [4.78, 5) is 12.4. The maximum absolute atomic E-state index is 11.9. The van der Waals surface area contributed by atoms with E-state index in [9.17, 15) is 4.79 Å². The molecule has 1 aliphatic carbocycles. The molecule has 1 aliphatic rings. The van der Waals surface area contributed by atoms with E-state index < -0.39 is 0 Å². The Morgan fingerprint density at radius 3 is 2.60 bits per heavy atom. The summed E-state index contributed by atoms with van der Waals surface area (Å²) in [5.74, 6) is 1.09. The van der Waals surface area contributed by atoms with Gasteiger partial charge in [-0.05, 0) is 32.1 Å². The van der Waals surface area contributed by atoms with Crippen molar-refractivity contribution in [2.45, 2.75) is 57.3 Å². The van der Waals surface area contributed by atoms with Gasteiger partial charge in [0.05, 0.1) is 0 Å². The summed E-state index contributed by atoms with van der Waals surface area (Å²) in [6.45, 7) is 6.38. The number of halogens is 1. The van der Waals surface area contributed by atoms with Gasteiger partial charge >= 0.3 is 0 Å². The third-order valence-electron chi connectivity index (χ3n) is 3.27. The van der Waals surface area contributed by atoms with Crippen molar-refractivity contribution in [3.63, 3.8) is 0 Å². The summed E-state index contributed by atoms with van der Waals surface area (Å²) in [7, 11) is 0. The molecule has 0 radical (unpaired) electrons. The number of alkyl halides is 1. The average Bonchev–Trinajstić information content (AvgIpc) is 2.49. The van der Waals surface area contributed by atoms with E-state index in [1.807, 2.05) is 0 Å². The van der Waals surface area contributed by atoms with Crippen molar-refractivity contribution >= 4 is 21.8 Å². The Kier molecular flexibility index (Phi) is 5.10. The molecular weight excluding hydrogens is 254 g/mol. The Labute approximate surface area is 101 Å². The van der Waals surface area contributed by atoms with Gasteiger partial charge in [0.15, 0.2) is 0 Å². The standard InChI is InChI=1S/C12H22BrNO/c1-8-5-4-6-11(8)12(15)14-10(3)7-9(2)13/h8-11H,4-7H2,1-3H3,(H,14,15). The van der Waals surface area contributed by atoms with Crippen molar-refractivity contribution in [1.29, 1.82) is 0 Å². The first-order valence-electron chi connectivity index (χ1n) is 5.95. The lowest BCUT2D eigenvalue weighted by atomic mass is 9.97. The lowest BCUT2D eigenvalue weighted by molar-refractivity contribution is -0.126. The Hall–Kier alpha value is -0.0500. The zero-order chi connectivity index (χ0) is 11.4. The van der Waals surface area contributed by atoms with Crippen molar-refractivity contribution in [2.24, 2.45) is 11.8 Å². The van der Waals surface area contributed by atoms with E-state index in [0.717, 1.165) is 12.8 Å². The minimum Gasteiger partial charge on any atom is -0.353 e. The van der Waals surface area contributed by atoms with Crippen molar-refractivity contribution in [2.75, 3.05) is 0 Å². The van der Waals surface area contributed by atoms with E-state index in [4.69, 9.17) is 0 Å². The maximum atomic E-state index is 11.9. The van der Waals surface area contributed by atoms with Gasteiger partial charge in [0.25, 0.3) is 0 Å². The summed E-state index contributed by atoms with van der Waals surface area (Å²) in [6.07, 6.45) is 4.49. The van der Waals surface area contributed by atoms with Gasteiger partial charge in [-0.25, -0.2) is 0 Å². The number of carbonyl (C=O) groups is 1. The molecule has 0 bridgehead atoms. The van der Waals surface area contributed by atoms with Crippen LogP contribution in [0.3, 0.4) is 0 Å². The molecule has 1 saturated carbocycles. The highest BCUT2D eigenvalue weighted by molar-refractivity contribution is 9.09. The van der Waals surface area contributed by atoms with Crippen LogP contribution in [0, 0.1) is 11.8 Å². The second-order valence-corrected chi connectivity index (χ2v) is 6.50. The molecular formula is C12H22BrNO. The van der Waals surface area contributed by atoms with Crippen LogP contribution in [-0.4, -0.2) is 16.8 Å². The minimum atomic E-state index is 0.262. The molecule has 0 spiro atoms. The van der Waals surface area contributed by atoms with Crippen LogP contribution < -0.4 is 5.32 Å². The van der Waals surface area contributed by atoms with Crippen LogP contribution in [0.5, 0.6) is 0 Å². The fourth-order valence-electron chi connectivity index (χ4n) is 2.43. The Morgan fingerprint density at radius 2 is 2.13 bits per heavy atom. The lowest BCUT2D eigenvalue weighted by Crippen LogP contribution is -2.38. The molecule has 0 aromatic rings. The van der Waals surface area contributed by atoms with Crippen LogP contribution >= 0.6 is 15.9 Å². The monoisotopic (exact) mass is 275 g/mol. The van der Waals surface area contributed by atoms with E-state index in [1.165, 1.54) is 12.8 Å². The smallest absolute Gasteiger partial charge is 0.223 e. The molecule has 0 heterocycles. The molecule has 4 unspecified atom stereocenters. The summed E-state index contributed by atoms with van der Waals surface area (Å²) in [5.41, 5.74) is 0. The first-order chi connectivity index (χ1) is 7.00. The quantitative estimate of drug-likeness (QED) is 0.785. The number of nitrogens with one attached hydrogen (secondary N) is 1. The van der Waals surface area contributed by atoms with Gasteiger partial charge in [-0.1, -0.05) is 36.2 Å². The van der Waals surface area contributed by atoms with E-state index in [1.54, 1.807) is 0 Å². The lowest BCUT2D eigenvalue weighted by Gasteiger charge is -2.20. The molecule has 2 nitrogen and oxygen atoms in total. The predicted octanol–water partition coefficient (Wildman–Crippen LogP) is 3.10. The van der Waals surface area contributed by atoms with Crippen LogP contribution in [0.25, 0.3) is 0 Å². The largest absolute Gasteiger partial charge is 0.353 e. The van der Waals surface area contributed by atoms with Gasteiger partial charge in [0, 0.05) is 16.8 Å².